The topological polar surface area (TPSA) is 101 Å². The van der Waals surface area contributed by atoms with Crippen molar-refractivity contribution in [3.63, 3.8) is 0 Å². The van der Waals surface area contributed by atoms with Crippen LogP contribution in [0.4, 0.5) is 0 Å². The van der Waals surface area contributed by atoms with Crippen LogP contribution in [0, 0.1) is 0 Å². The van der Waals surface area contributed by atoms with Gasteiger partial charge in [0.2, 0.25) is 0 Å². The van der Waals surface area contributed by atoms with Crippen molar-refractivity contribution in [1.82, 2.24) is 9.55 Å². The van der Waals surface area contributed by atoms with E-state index in [1.807, 2.05) is 0 Å². The Morgan fingerprint density at radius 2 is 2.37 bits per heavy atom. The number of esters is 1. The second-order valence-corrected chi connectivity index (χ2v) is 5.63. The highest BCUT2D eigenvalue weighted by molar-refractivity contribution is 8.00. The Balaban J connectivity index is 2.21. The average Bonchev–Trinajstić information content (AvgIpc) is 2.71. The second kappa shape index (κ2) is 5.62. The number of carbonyl (C=O) groups excluding carboxylic acids is 1. The van der Waals surface area contributed by atoms with Gasteiger partial charge in [-0.25, -0.2) is 4.79 Å². The zero-order chi connectivity index (χ0) is 14.0. The van der Waals surface area contributed by atoms with E-state index in [1.54, 1.807) is 0 Å². The number of H-pyrrole nitrogens is 1. The lowest BCUT2D eigenvalue weighted by Crippen LogP contribution is -2.30. The van der Waals surface area contributed by atoms with Crippen LogP contribution in [0.3, 0.4) is 0 Å². The zero-order valence-electron chi connectivity index (χ0n) is 10.2. The Morgan fingerprint density at radius 3 is 2.95 bits per heavy atom. The molecule has 8 heteroatoms. The standard InChI is InChI=1S/C11H14N2O5S/c1-6(15)18-7-4-10(19-8(7)5-14)13-3-2-9(16)12-11(13)17/h2-3,7-8,10,14H,4-5H2,1H3,(H,12,16,17)/t7-,8+,10+/m0/s1. The van der Waals surface area contributed by atoms with Crippen LogP contribution in [-0.2, 0) is 9.53 Å². The van der Waals surface area contributed by atoms with Crippen molar-refractivity contribution < 1.29 is 14.6 Å². The van der Waals surface area contributed by atoms with Gasteiger partial charge in [0.05, 0.1) is 17.2 Å². The second-order valence-electron chi connectivity index (χ2n) is 4.21. The lowest BCUT2D eigenvalue weighted by Gasteiger charge is -2.15. The van der Waals surface area contributed by atoms with Crippen LogP contribution in [0.15, 0.2) is 21.9 Å². The van der Waals surface area contributed by atoms with Gasteiger partial charge in [0.15, 0.2) is 0 Å². The molecule has 2 rings (SSSR count). The van der Waals surface area contributed by atoms with E-state index in [4.69, 9.17) is 4.74 Å². The van der Waals surface area contributed by atoms with Crippen LogP contribution in [0.1, 0.15) is 18.7 Å². The van der Waals surface area contributed by atoms with Gasteiger partial charge >= 0.3 is 11.7 Å². The Hall–Kier alpha value is -1.54. The number of hydrogen-bond donors (Lipinski definition) is 2. The van der Waals surface area contributed by atoms with Gasteiger partial charge in [-0.15, -0.1) is 11.8 Å². The van der Waals surface area contributed by atoms with E-state index in [1.165, 1.54) is 35.5 Å². The van der Waals surface area contributed by atoms with E-state index in [0.717, 1.165) is 0 Å². The Labute approximate surface area is 112 Å². The smallest absolute Gasteiger partial charge is 0.329 e. The van der Waals surface area contributed by atoms with Gasteiger partial charge in [-0.1, -0.05) is 0 Å². The number of nitrogens with zero attached hydrogens (tertiary/aromatic N) is 1. The fraction of sp³-hybridized carbons (Fsp3) is 0.545. The molecule has 0 saturated carbocycles. The number of aliphatic hydroxyl groups is 1. The van der Waals surface area contributed by atoms with Crippen molar-refractivity contribution in [1.29, 1.82) is 0 Å². The van der Waals surface area contributed by atoms with Gasteiger partial charge in [-0.2, -0.15) is 0 Å². The van der Waals surface area contributed by atoms with Gasteiger partial charge in [0, 0.05) is 25.6 Å². The first-order chi connectivity index (χ1) is 9.01. The summed E-state index contributed by atoms with van der Waals surface area (Å²) in [5, 5.41) is 8.73. The van der Waals surface area contributed by atoms with Crippen LogP contribution < -0.4 is 11.2 Å². The van der Waals surface area contributed by atoms with Gasteiger partial charge < -0.3 is 9.84 Å². The third-order valence-corrected chi connectivity index (χ3v) is 4.38. The Morgan fingerprint density at radius 1 is 1.63 bits per heavy atom. The molecule has 104 valence electrons. The summed E-state index contributed by atoms with van der Waals surface area (Å²) < 4.78 is 6.50. The molecule has 19 heavy (non-hydrogen) atoms. The van der Waals surface area contributed by atoms with Crippen molar-refractivity contribution in [3.8, 4) is 0 Å². The summed E-state index contributed by atoms with van der Waals surface area (Å²) in [6.45, 7) is 1.16. The molecule has 0 amide bonds. The maximum atomic E-state index is 11.7. The maximum absolute atomic E-state index is 11.7. The van der Waals surface area contributed by atoms with Crippen LogP contribution in [0.25, 0.3) is 0 Å². The number of carbonyl (C=O) groups is 1. The predicted octanol–water partition coefficient (Wildman–Crippen LogP) is -0.535. The average molecular weight is 286 g/mol. The molecule has 2 N–H and O–H groups in total. The number of hydrogen-bond acceptors (Lipinski definition) is 6. The van der Waals surface area contributed by atoms with Gasteiger partial charge in [-0.3, -0.25) is 19.1 Å². The van der Waals surface area contributed by atoms with Gasteiger partial charge in [-0.05, 0) is 0 Å². The molecule has 1 saturated heterocycles. The first-order valence-corrected chi connectivity index (χ1v) is 6.70. The van der Waals surface area contributed by atoms with Crippen molar-refractivity contribution in [2.45, 2.75) is 30.1 Å². The predicted molar refractivity (Wildman–Crippen MR) is 69.0 cm³/mol. The number of rotatable bonds is 3. The number of nitrogens with one attached hydrogen (secondary N) is 1. The first-order valence-electron chi connectivity index (χ1n) is 5.76. The summed E-state index contributed by atoms with van der Waals surface area (Å²) in [5.74, 6) is -0.418. The molecule has 3 atom stereocenters. The van der Waals surface area contributed by atoms with Crippen LogP contribution in [-0.4, -0.2) is 38.6 Å². The van der Waals surface area contributed by atoms with Crippen molar-refractivity contribution in [2.75, 3.05) is 6.61 Å². The molecule has 2 heterocycles. The molecular formula is C11H14N2O5S. The Bertz CT molecular complexity index is 581. The SMILES string of the molecule is CC(=O)O[C@H]1C[C@H](n2ccc(=O)[nH]c2=O)S[C@@H]1CO. The molecule has 1 fully saturated rings. The molecule has 0 unspecified atom stereocenters. The molecule has 7 nitrogen and oxygen atoms in total. The zero-order valence-corrected chi connectivity index (χ0v) is 11.1. The highest BCUT2D eigenvalue weighted by Crippen LogP contribution is 2.41. The molecule has 0 spiro atoms. The molecule has 0 aromatic carbocycles. The number of thioether (sulfide) groups is 1. The number of aromatic nitrogens is 2. The van der Waals surface area contributed by atoms with E-state index < -0.39 is 23.3 Å². The van der Waals surface area contributed by atoms with Crippen LogP contribution in [0.2, 0.25) is 0 Å². The van der Waals surface area contributed by atoms with Crippen molar-refractivity contribution >= 4 is 17.7 Å². The first kappa shape index (κ1) is 13.9. The van der Waals surface area contributed by atoms with E-state index in [0.29, 0.717) is 6.42 Å². The summed E-state index contributed by atoms with van der Waals surface area (Å²) in [7, 11) is 0. The summed E-state index contributed by atoms with van der Waals surface area (Å²) in [5.41, 5.74) is -0.968. The lowest BCUT2D eigenvalue weighted by atomic mass is 10.2. The van der Waals surface area contributed by atoms with E-state index in [2.05, 4.69) is 4.98 Å². The summed E-state index contributed by atoms with van der Waals surface area (Å²) in [6.07, 6.45) is 1.39. The van der Waals surface area contributed by atoms with Gasteiger partial charge in [0.1, 0.15) is 6.10 Å². The fourth-order valence-electron chi connectivity index (χ4n) is 2.03. The third kappa shape index (κ3) is 3.07. The fourth-order valence-corrected chi connectivity index (χ4v) is 3.46. The number of aliphatic hydroxyl groups excluding tert-OH is 1. The summed E-state index contributed by atoms with van der Waals surface area (Å²) in [4.78, 5) is 35.8. The Kier molecular flexibility index (Phi) is 4.11. The molecule has 0 aliphatic carbocycles. The van der Waals surface area contributed by atoms with Crippen LogP contribution >= 0.6 is 11.8 Å². The molecule has 0 radical (unpaired) electrons. The minimum Gasteiger partial charge on any atom is -0.461 e. The maximum Gasteiger partial charge on any atom is 0.329 e. The summed E-state index contributed by atoms with van der Waals surface area (Å²) in [6, 6.07) is 1.26. The van der Waals surface area contributed by atoms with E-state index in [9.17, 15) is 19.5 Å². The molecule has 1 aromatic rings. The molecule has 1 aliphatic heterocycles. The quantitative estimate of drug-likeness (QED) is 0.724. The lowest BCUT2D eigenvalue weighted by molar-refractivity contribution is -0.146. The highest BCUT2D eigenvalue weighted by atomic mass is 32.2. The van der Waals surface area contributed by atoms with E-state index in [-0.39, 0.29) is 17.2 Å². The van der Waals surface area contributed by atoms with E-state index >= 15 is 0 Å². The monoisotopic (exact) mass is 286 g/mol. The summed E-state index contributed by atoms with van der Waals surface area (Å²) >= 11 is 1.35. The normalized spacial score (nSPS) is 26.3. The van der Waals surface area contributed by atoms with Crippen molar-refractivity contribution in [2.24, 2.45) is 0 Å². The number of aromatic amines is 1. The molecule has 0 bridgehead atoms. The molecule has 1 aliphatic rings. The highest BCUT2D eigenvalue weighted by Gasteiger charge is 2.38. The third-order valence-electron chi connectivity index (χ3n) is 2.84. The van der Waals surface area contributed by atoms with Gasteiger partial charge in [0.25, 0.3) is 5.56 Å². The van der Waals surface area contributed by atoms with Crippen molar-refractivity contribution in [3.05, 3.63) is 33.1 Å². The minimum atomic E-state index is -0.509. The largest absolute Gasteiger partial charge is 0.461 e. The molecular weight excluding hydrogens is 272 g/mol. The molecule has 1 aromatic heterocycles. The minimum absolute atomic E-state index is 0.142. The van der Waals surface area contributed by atoms with Crippen LogP contribution in [0.5, 0.6) is 0 Å². The number of ether oxygens (including phenoxy) is 1.